The first kappa shape index (κ1) is 23.3. The van der Waals surface area contributed by atoms with Crippen LogP contribution >= 0.6 is 0 Å². The molecule has 114 valence electrons. The van der Waals surface area contributed by atoms with Crippen molar-refractivity contribution in [1.82, 2.24) is 0 Å². The second kappa shape index (κ2) is 25.9. The minimum atomic E-state index is 1.08. The molecule has 1 rings (SSSR count). The Bertz CT molecular complexity index is 313. The van der Waals surface area contributed by atoms with Gasteiger partial charge in [-0.1, -0.05) is 75.2 Å². The van der Waals surface area contributed by atoms with Crippen molar-refractivity contribution in [3.05, 3.63) is 60.8 Å². The van der Waals surface area contributed by atoms with Gasteiger partial charge in [0.05, 0.1) is 6.34 Å². The first-order valence-corrected chi connectivity index (χ1v) is 7.19. The van der Waals surface area contributed by atoms with Gasteiger partial charge in [0.1, 0.15) is 0 Å². The van der Waals surface area contributed by atoms with Gasteiger partial charge in [-0.25, -0.2) is 4.99 Å². The van der Waals surface area contributed by atoms with Gasteiger partial charge in [-0.2, -0.15) is 0 Å². The minimum Gasteiger partial charge on any atom is -0.390 e. The van der Waals surface area contributed by atoms with Crippen molar-refractivity contribution >= 4 is 6.34 Å². The van der Waals surface area contributed by atoms with Crippen LogP contribution in [0.3, 0.4) is 0 Å². The van der Waals surface area contributed by atoms with Crippen LogP contribution in [0.25, 0.3) is 0 Å². The molecule has 2 nitrogen and oxygen atoms in total. The van der Waals surface area contributed by atoms with E-state index in [0.29, 0.717) is 0 Å². The third-order valence-electron chi connectivity index (χ3n) is 1.67. The lowest BCUT2D eigenvalue weighted by atomic mass is 10.2. The summed E-state index contributed by atoms with van der Waals surface area (Å²) >= 11 is 0. The Morgan fingerprint density at radius 1 is 1.20 bits per heavy atom. The summed E-state index contributed by atoms with van der Waals surface area (Å²) in [5.74, 6) is 0. The summed E-state index contributed by atoms with van der Waals surface area (Å²) in [6.07, 6.45) is 8.98. The molecule has 0 spiro atoms. The number of unbranched alkanes of at least 4 members (excludes halogenated alkanes) is 1. The first-order valence-electron chi connectivity index (χ1n) is 7.19. The molecule has 0 aliphatic carbocycles. The molecule has 0 fully saturated rings. The zero-order valence-electron chi connectivity index (χ0n) is 13.8. The molecule has 0 unspecified atom stereocenters. The van der Waals surface area contributed by atoms with Crippen molar-refractivity contribution in [2.75, 3.05) is 0 Å². The number of allylic oxidation sites excluding steroid dienone is 2. The highest BCUT2D eigenvalue weighted by Crippen LogP contribution is 1.92. The van der Waals surface area contributed by atoms with Gasteiger partial charge in [0.2, 0.25) is 0 Å². The fourth-order valence-electron chi connectivity index (χ4n) is 0.886. The molecule has 0 amide bonds. The molecule has 0 radical (unpaired) electrons. The number of nitrogens with zero attached hydrogens (tertiary/aromatic N) is 1. The molecule has 0 bridgehead atoms. The van der Waals surface area contributed by atoms with Crippen molar-refractivity contribution in [1.29, 1.82) is 0 Å². The van der Waals surface area contributed by atoms with E-state index in [-0.39, 0.29) is 0 Å². The van der Waals surface area contributed by atoms with E-state index in [1.807, 2.05) is 45.0 Å². The standard InChI is InChI=1S/C7H8.C6H12N2.C3H6.C2H6/c1-7-5-3-2-4-6-7;1-2-3-4-5-8-6-7;1-3-2;1-2/h2-6H,1H3;4-6H,2-3H2,1H3,(H2,7,8);3H,1H2,2H3;1-2H3/b;5-4+;;. The van der Waals surface area contributed by atoms with Gasteiger partial charge in [-0.05, 0) is 20.3 Å². The van der Waals surface area contributed by atoms with E-state index in [1.54, 1.807) is 12.3 Å². The van der Waals surface area contributed by atoms with Crippen LogP contribution in [-0.4, -0.2) is 6.34 Å². The molecular weight excluding hydrogens is 244 g/mol. The minimum absolute atomic E-state index is 1.08. The predicted octanol–water partition coefficient (Wildman–Crippen LogP) is 5.50. The Morgan fingerprint density at radius 2 is 1.70 bits per heavy atom. The number of aryl methyl sites for hydroxylation is 1. The summed E-state index contributed by atoms with van der Waals surface area (Å²) in [6.45, 7) is 13.5. The van der Waals surface area contributed by atoms with Crippen LogP contribution < -0.4 is 5.73 Å². The molecule has 1 aromatic rings. The lowest BCUT2D eigenvalue weighted by Gasteiger charge is -1.82. The van der Waals surface area contributed by atoms with Crippen LogP contribution in [0.2, 0.25) is 0 Å². The Labute approximate surface area is 126 Å². The molecule has 0 atom stereocenters. The van der Waals surface area contributed by atoms with E-state index >= 15 is 0 Å². The van der Waals surface area contributed by atoms with E-state index in [9.17, 15) is 0 Å². The fourth-order valence-corrected chi connectivity index (χ4v) is 0.886. The zero-order chi connectivity index (χ0) is 16.1. The second-order valence-corrected chi connectivity index (χ2v) is 3.53. The van der Waals surface area contributed by atoms with Crippen molar-refractivity contribution in [3.63, 3.8) is 0 Å². The van der Waals surface area contributed by atoms with Gasteiger partial charge in [0.25, 0.3) is 0 Å². The largest absolute Gasteiger partial charge is 0.390 e. The number of aliphatic imine (C=N–C) groups is 1. The molecule has 0 heterocycles. The first-order chi connectivity index (χ1) is 9.72. The maximum absolute atomic E-state index is 4.97. The third kappa shape index (κ3) is 29.8. The fraction of sp³-hybridized carbons (Fsp3) is 0.389. The highest BCUT2D eigenvalue weighted by Gasteiger charge is 1.72. The molecular formula is C18H32N2. The molecule has 0 aliphatic heterocycles. The molecule has 2 N–H and O–H groups in total. The number of rotatable bonds is 3. The van der Waals surface area contributed by atoms with Crippen LogP contribution in [0.5, 0.6) is 0 Å². The summed E-state index contributed by atoms with van der Waals surface area (Å²) in [5.41, 5.74) is 6.29. The Morgan fingerprint density at radius 3 is 2.00 bits per heavy atom. The van der Waals surface area contributed by atoms with Crippen LogP contribution in [0, 0.1) is 6.92 Å². The lowest BCUT2D eigenvalue weighted by molar-refractivity contribution is 0.956. The smallest absolute Gasteiger partial charge is 0.0852 e. The van der Waals surface area contributed by atoms with E-state index < -0.39 is 0 Å². The SMILES string of the molecule is C=CC.CC.CCC/C=C/N=CN.Cc1ccccc1. The van der Waals surface area contributed by atoms with Crippen LogP contribution in [0.4, 0.5) is 0 Å². The quantitative estimate of drug-likeness (QED) is 0.442. The average Bonchev–Trinajstić information content (AvgIpc) is 2.48. The molecule has 20 heavy (non-hydrogen) atoms. The lowest BCUT2D eigenvalue weighted by Crippen LogP contribution is -1.84. The molecule has 0 aromatic heterocycles. The van der Waals surface area contributed by atoms with Gasteiger partial charge >= 0.3 is 0 Å². The number of hydrogen-bond donors (Lipinski definition) is 1. The van der Waals surface area contributed by atoms with Gasteiger partial charge in [0.15, 0.2) is 0 Å². The average molecular weight is 276 g/mol. The zero-order valence-corrected chi connectivity index (χ0v) is 13.8. The van der Waals surface area contributed by atoms with E-state index in [0.717, 1.165) is 12.8 Å². The summed E-state index contributed by atoms with van der Waals surface area (Å²) in [7, 11) is 0. The van der Waals surface area contributed by atoms with Crippen LogP contribution in [0.1, 0.15) is 46.1 Å². The van der Waals surface area contributed by atoms with Crippen molar-refractivity contribution < 1.29 is 0 Å². The second-order valence-electron chi connectivity index (χ2n) is 3.53. The van der Waals surface area contributed by atoms with Gasteiger partial charge in [-0.3, -0.25) is 0 Å². The highest BCUT2D eigenvalue weighted by atomic mass is 14.8. The maximum atomic E-state index is 4.97. The topological polar surface area (TPSA) is 38.4 Å². The Kier molecular flexibility index (Phi) is 30.1. The van der Waals surface area contributed by atoms with Crippen LogP contribution in [0.15, 0.2) is 60.3 Å². The van der Waals surface area contributed by atoms with Gasteiger partial charge in [0, 0.05) is 6.20 Å². The normalized spacial score (nSPS) is 8.65. The van der Waals surface area contributed by atoms with Crippen molar-refractivity contribution in [3.8, 4) is 0 Å². The number of nitrogens with two attached hydrogens (primary N) is 1. The summed E-state index contributed by atoms with van der Waals surface area (Å²) < 4.78 is 0. The molecule has 0 saturated carbocycles. The van der Waals surface area contributed by atoms with E-state index in [4.69, 9.17) is 5.73 Å². The van der Waals surface area contributed by atoms with Gasteiger partial charge in [-0.15, -0.1) is 6.58 Å². The number of benzene rings is 1. The van der Waals surface area contributed by atoms with Gasteiger partial charge < -0.3 is 5.73 Å². The maximum Gasteiger partial charge on any atom is 0.0852 e. The van der Waals surface area contributed by atoms with E-state index in [1.165, 1.54) is 11.9 Å². The predicted molar refractivity (Wildman–Crippen MR) is 95.1 cm³/mol. The molecule has 1 aromatic carbocycles. The summed E-state index contributed by atoms with van der Waals surface area (Å²) in [4.78, 5) is 3.68. The Hall–Kier alpha value is -1.83. The molecule has 2 heteroatoms. The highest BCUT2D eigenvalue weighted by molar-refractivity contribution is 5.52. The molecule has 0 aliphatic rings. The van der Waals surface area contributed by atoms with E-state index in [2.05, 4.69) is 37.6 Å². The number of hydrogen-bond acceptors (Lipinski definition) is 1. The van der Waals surface area contributed by atoms with Crippen molar-refractivity contribution in [2.45, 2.75) is 47.5 Å². The summed E-state index contributed by atoms with van der Waals surface area (Å²) in [5, 5.41) is 0. The monoisotopic (exact) mass is 276 g/mol. The third-order valence-corrected chi connectivity index (χ3v) is 1.67. The molecule has 0 saturated heterocycles. The van der Waals surface area contributed by atoms with Crippen molar-refractivity contribution in [2.24, 2.45) is 10.7 Å². The van der Waals surface area contributed by atoms with Crippen LogP contribution in [-0.2, 0) is 0 Å². The summed E-state index contributed by atoms with van der Waals surface area (Å²) in [6, 6.07) is 10.3. The Balaban J connectivity index is -0.000000220.